The number of aryl methyl sites for hydroxylation is 2. The maximum Gasteiger partial charge on any atom is 0.0983 e. The van der Waals surface area contributed by atoms with Gasteiger partial charge in [0.25, 0.3) is 0 Å². The fourth-order valence-electron chi connectivity index (χ4n) is 3.77. The molecule has 0 saturated heterocycles. The van der Waals surface area contributed by atoms with Crippen LogP contribution in [0.2, 0.25) is 0 Å². The average Bonchev–Trinajstić information content (AvgIpc) is 3.61. The molecule has 0 spiro atoms. The highest BCUT2D eigenvalue weighted by Crippen LogP contribution is 2.43. The Morgan fingerprint density at radius 3 is 1.34 bits per heavy atom. The zero-order chi connectivity index (χ0) is 21.7. The summed E-state index contributed by atoms with van der Waals surface area (Å²) in [5, 5.41) is 4.25. The van der Waals surface area contributed by atoms with E-state index in [1.54, 1.807) is 22.7 Å². The molecule has 1 aromatic carbocycles. The molecule has 0 radical (unpaired) electrons. The van der Waals surface area contributed by atoms with Gasteiger partial charge in [0.15, 0.2) is 0 Å². The van der Waals surface area contributed by atoms with Crippen LogP contribution in [-0.4, -0.2) is 9.97 Å². The van der Waals surface area contributed by atoms with Gasteiger partial charge in [-0.2, -0.15) is 0 Å². The van der Waals surface area contributed by atoms with Crippen molar-refractivity contribution in [1.29, 1.82) is 0 Å². The Kier molecular flexibility index (Phi) is 5.03. The van der Waals surface area contributed by atoms with Crippen LogP contribution in [0.4, 0.5) is 0 Å². The molecule has 6 heteroatoms. The molecular weight excluding hydrogens is 469 g/mol. The van der Waals surface area contributed by atoms with Crippen LogP contribution in [0.15, 0.2) is 71.4 Å². The first-order chi connectivity index (χ1) is 15.7. The molecule has 156 valence electrons. The Morgan fingerprint density at radius 2 is 0.938 bits per heavy atom. The molecular formula is C26H18N2S4. The molecule has 0 N–H and O–H groups in total. The fourth-order valence-corrected chi connectivity index (χ4v) is 7.50. The number of hydrogen-bond donors (Lipinski definition) is 0. The number of aromatic nitrogens is 2. The monoisotopic (exact) mass is 486 g/mol. The minimum atomic E-state index is 0.983. The molecule has 5 heterocycles. The zero-order valence-electron chi connectivity index (χ0n) is 17.5. The molecule has 32 heavy (non-hydrogen) atoms. The Labute approximate surface area is 202 Å². The molecule has 0 fully saturated rings. The summed E-state index contributed by atoms with van der Waals surface area (Å²) in [6, 6.07) is 21.9. The van der Waals surface area contributed by atoms with Gasteiger partial charge in [-0.05, 0) is 61.0 Å². The normalized spacial score (nSPS) is 11.4. The molecule has 5 aromatic heterocycles. The number of benzene rings is 1. The predicted molar refractivity (Wildman–Crippen MR) is 142 cm³/mol. The lowest BCUT2D eigenvalue weighted by Gasteiger charge is -2.10. The van der Waals surface area contributed by atoms with E-state index in [1.165, 1.54) is 29.3 Å². The van der Waals surface area contributed by atoms with Crippen molar-refractivity contribution in [2.45, 2.75) is 13.8 Å². The van der Waals surface area contributed by atoms with Crippen LogP contribution >= 0.6 is 45.3 Å². The van der Waals surface area contributed by atoms with Crippen LogP contribution in [0, 0.1) is 13.8 Å². The lowest BCUT2D eigenvalue weighted by molar-refractivity contribution is 1.10. The summed E-state index contributed by atoms with van der Waals surface area (Å²) in [5.41, 5.74) is 6.24. The van der Waals surface area contributed by atoms with Gasteiger partial charge in [0.1, 0.15) is 0 Å². The van der Waals surface area contributed by atoms with Crippen LogP contribution < -0.4 is 0 Å². The SMILES string of the molecule is Cc1nc2c(-c3ccc(-c4cccs4)s3)ccc(-c3ccc(-c4cccs4)s3)c2nc1C. The van der Waals surface area contributed by atoms with Gasteiger partial charge >= 0.3 is 0 Å². The van der Waals surface area contributed by atoms with Gasteiger partial charge in [-0.15, -0.1) is 45.3 Å². The lowest BCUT2D eigenvalue weighted by Crippen LogP contribution is -1.96. The van der Waals surface area contributed by atoms with Gasteiger partial charge < -0.3 is 0 Å². The summed E-state index contributed by atoms with van der Waals surface area (Å²) in [6.07, 6.45) is 0. The maximum absolute atomic E-state index is 5.02. The Morgan fingerprint density at radius 1 is 0.500 bits per heavy atom. The second-order valence-corrected chi connectivity index (χ2v) is 11.6. The van der Waals surface area contributed by atoms with Crippen molar-refractivity contribution in [2.24, 2.45) is 0 Å². The number of nitrogens with zero attached hydrogens (tertiary/aromatic N) is 2. The van der Waals surface area contributed by atoms with Gasteiger partial charge in [-0.3, -0.25) is 0 Å². The molecule has 2 nitrogen and oxygen atoms in total. The summed E-state index contributed by atoms with van der Waals surface area (Å²) in [6.45, 7) is 4.09. The van der Waals surface area contributed by atoms with E-state index in [0.29, 0.717) is 0 Å². The van der Waals surface area contributed by atoms with Gasteiger partial charge in [0.05, 0.1) is 22.4 Å². The van der Waals surface area contributed by atoms with Gasteiger partial charge in [0, 0.05) is 40.4 Å². The van der Waals surface area contributed by atoms with Crippen molar-refractivity contribution < 1.29 is 0 Å². The lowest BCUT2D eigenvalue weighted by atomic mass is 10.0. The first kappa shape index (κ1) is 20.0. The summed E-state index contributed by atoms with van der Waals surface area (Å²) >= 11 is 7.19. The van der Waals surface area contributed by atoms with Crippen molar-refractivity contribution in [1.82, 2.24) is 9.97 Å². The summed E-state index contributed by atoms with van der Waals surface area (Å²) in [7, 11) is 0. The van der Waals surface area contributed by atoms with Gasteiger partial charge in [-0.1, -0.05) is 24.3 Å². The molecule has 0 saturated carbocycles. The molecule has 6 rings (SSSR count). The standard InChI is InChI=1S/C26H18N2S4/c1-15-16(2)28-26-18(20-10-12-24(32-20)22-6-4-14-30-22)8-7-17(25(26)27-15)19-9-11-23(31-19)21-5-3-13-29-21/h3-14H,1-2H3. The Hall–Kier alpha value is -2.64. The number of hydrogen-bond acceptors (Lipinski definition) is 6. The highest BCUT2D eigenvalue weighted by molar-refractivity contribution is 7.24. The second kappa shape index (κ2) is 8.05. The number of fused-ring (bicyclic) bond motifs is 1. The predicted octanol–water partition coefficient (Wildman–Crippen LogP) is 9.16. The topological polar surface area (TPSA) is 25.8 Å². The van der Waals surface area contributed by atoms with E-state index in [1.807, 2.05) is 36.5 Å². The average molecular weight is 487 g/mol. The largest absolute Gasteiger partial charge is 0.249 e. The molecule has 6 aromatic rings. The van der Waals surface area contributed by atoms with Crippen LogP contribution in [0.3, 0.4) is 0 Å². The van der Waals surface area contributed by atoms with Crippen molar-refractivity contribution in [3.63, 3.8) is 0 Å². The van der Waals surface area contributed by atoms with Crippen molar-refractivity contribution >= 4 is 56.4 Å². The minimum absolute atomic E-state index is 0.983. The van der Waals surface area contributed by atoms with Crippen LogP contribution in [0.25, 0.3) is 51.4 Å². The quantitative estimate of drug-likeness (QED) is 0.248. The number of thiophene rings is 4. The highest BCUT2D eigenvalue weighted by Gasteiger charge is 2.17. The van der Waals surface area contributed by atoms with E-state index in [0.717, 1.165) is 33.5 Å². The van der Waals surface area contributed by atoms with E-state index in [9.17, 15) is 0 Å². The van der Waals surface area contributed by atoms with E-state index in [4.69, 9.17) is 9.97 Å². The second-order valence-electron chi connectivity index (χ2n) is 7.53. The van der Waals surface area contributed by atoms with Crippen molar-refractivity contribution in [3.05, 3.63) is 82.8 Å². The molecule has 0 aliphatic heterocycles. The molecule has 0 unspecified atom stereocenters. The van der Waals surface area contributed by atoms with Crippen LogP contribution in [0.1, 0.15) is 11.4 Å². The first-order valence-electron chi connectivity index (χ1n) is 10.2. The Balaban J connectivity index is 1.52. The van der Waals surface area contributed by atoms with Gasteiger partial charge in [-0.25, -0.2) is 9.97 Å². The third kappa shape index (κ3) is 3.44. The van der Waals surface area contributed by atoms with E-state index in [-0.39, 0.29) is 0 Å². The summed E-state index contributed by atoms with van der Waals surface area (Å²) in [5.74, 6) is 0. The Bertz CT molecular complexity index is 1420. The molecule has 0 aliphatic rings. The van der Waals surface area contributed by atoms with E-state index in [2.05, 4.69) is 71.4 Å². The third-order valence-corrected chi connectivity index (χ3v) is 9.87. The van der Waals surface area contributed by atoms with E-state index >= 15 is 0 Å². The first-order valence-corrected chi connectivity index (χ1v) is 13.6. The van der Waals surface area contributed by atoms with E-state index < -0.39 is 0 Å². The number of rotatable bonds is 4. The van der Waals surface area contributed by atoms with Gasteiger partial charge in [0.2, 0.25) is 0 Å². The van der Waals surface area contributed by atoms with Crippen LogP contribution in [-0.2, 0) is 0 Å². The van der Waals surface area contributed by atoms with Crippen molar-refractivity contribution in [2.75, 3.05) is 0 Å². The molecule has 0 aliphatic carbocycles. The minimum Gasteiger partial charge on any atom is -0.249 e. The third-order valence-electron chi connectivity index (χ3n) is 5.50. The summed E-state index contributed by atoms with van der Waals surface area (Å²) < 4.78 is 0. The van der Waals surface area contributed by atoms with Crippen LogP contribution in [0.5, 0.6) is 0 Å². The zero-order valence-corrected chi connectivity index (χ0v) is 20.7. The molecule has 0 amide bonds. The fraction of sp³-hybridized carbons (Fsp3) is 0.0769. The smallest absolute Gasteiger partial charge is 0.0983 e. The molecule has 0 atom stereocenters. The maximum atomic E-state index is 5.02. The van der Waals surface area contributed by atoms with Crippen molar-refractivity contribution in [3.8, 4) is 40.4 Å². The summed E-state index contributed by atoms with van der Waals surface area (Å²) in [4.78, 5) is 17.7. The molecule has 0 bridgehead atoms. The highest BCUT2D eigenvalue weighted by atomic mass is 32.1.